The summed E-state index contributed by atoms with van der Waals surface area (Å²) in [6, 6.07) is 16.5. The second-order valence-corrected chi connectivity index (χ2v) is 8.01. The van der Waals surface area contributed by atoms with Gasteiger partial charge in [0.1, 0.15) is 6.04 Å². The van der Waals surface area contributed by atoms with E-state index in [1.165, 1.54) is 0 Å². The number of anilines is 1. The summed E-state index contributed by atoms with van der Waals surface area (Å²) in [6.07, 6.45) is 2.11. The van der Waals surface area contributed by atoms with Gasteiger partial charge in [-0.3, -0.25) is 19.3 Å². The second kappa shape index (κ2) is 9.31. The molecule has 2 aromatic carbocycles. The average Bonchev–Trinajstić information content (AvgIpc) is 3.36. The lowest BCUT2D eigenvalue weighted by Gasteiger charge is -2.23. The van der Waals surface area contributed by atoms with Gasteiger partial charge in [-0.25, -0.2) is 0 Å². The van der Waals surface area contributed by atoms with E-state index in [1.54, 1.807) is 4.90 Å². The first-order valence-corrected chi connectivity index (χ1v) is 10.9. The lowest BCUT2D eigenvalue weighted by atomic mass is 10.1. The van der Waals surface area contributed by atoms with Crippen LogP contribution < -0.4 is 15.5 Å². The molecule has 0 radical (unpaired) electrons. The highest BCUT2D eigenvalue weighted by Crippen LogP contribution is 2.36. The van der Waals surface area contributed by atoms with E-state index in [0.717, 1.165) is 37.2 Å². The summed E-state index contributed by atoms with van der Waals surface area (Å²) in [5.74, 6) is -1.72. The molecule has 0 aromatic heterocycles. The van der Waals surface area contributed by atoms with Crippen LogP contribution in [-0.4, -0.2) is 48.3 Å². The van der Waals surface area contributed by atoms with Crippen molar-refractivity contribution >= 4 is 23.4 Å². The van der Waals surface area contributed by atoms with Crippen molar-refractivity contribution in [1.82, 2.24) is 15.5 Å². The minimum absolute atomic E-state index is 0.237. The fourth-order valence-electron chi connectivity index (χ4n) is 4.48. The van der Waals surface area contributed by atoms with Gasteiger partial charge in [0.15, 0.2) is 0 Å². The number of nitrogens with one attached hydrogen (secondary N) is 2. The summed E-state index contributed by atoms with van der Waals surface area (Å²) in [7, 11) is 0. The Balaban J connectivity index is 1.42. The van der Waals surface area contributed by atoms with E-state index in [-0.39, 0.29) is 11.9 Å². The molecule has 2 atom stereocenters. The number of carbonyl (C=O) groups excluding carboxylic acids is 3. The summed E-state index contributed by atoms with van der Waals surface area (Å²) in [5, 5.41) is 5.38. The van der Waals surface area contributed by atoms with Crippen LogP contribution in [0.5, 0.6) is 0 Å². The van der Waals surface area contributed by atoms with Gasteiger partial charge >= 0.3 is 11.8 Å². The number of hydrogen-bond acceptors (Lipinski definition) is 4. The zero-order valence-electron chi connectivity index (χ0n) is 17.7. The lowest BCUT2D eigenvalue weighted by molar-refractivity contribution is -0.140. The smallest absolute Gasteiger partial charge is 0.310 e. The van der Waals surface area contributed by atoms with Gasteiger partial charge in [-0.15, -0.1) is 0 Å². The molecule has 31 heavy (non-hydrogen) atoms. The largest absolute Gasteiger partial charge is 0.346 e. The lowest BCUT2D eigenvalue weighted by Crippen LogP contribution is -2.47. The van der Waals surface area contributed by atoms with Crippen molar-refractivity contribution in [2.45, 2.75) is 38.4 Å². The van der Waals surface area contributed by atoms with Gasteiger partial charge in [0.05, 0.1) is 6.54 Å². The highest BCUT2D eigenvalue weighted by Gasteiger charge is 2.39. The van der Waals surface area contributed by atoms with E-state index in [1.807, 2.05) is 54.6 Å². The first-order valence-electron chi connectivity index (χ1n) is 10.9. The minimum Gasteiger partial charge on any atom is -0.346 e. The van der Waals surface area contributed by atoms with Crippen molar-refractivity contribution in [3.05, 3.63) is 65.7 Å². The Morgan fingerprint density at radius 3 is 2.55 bits per heavy atom. The van der Waals surface area contributed by atoms with E-state index >= 15 is 0 Å². The molecule has 0 spiro atoms. The SMILES string of the molecule is CCN1CCC[C@@H]1CNC(=O)C(=O)N[C@@H]1C(=O)N(Cc2ccccc2)c2ccccc21. The number of carbonyl (C=O) groups is 3. The molecule has 0 unspecified atom stereocenters. The van der Waals surface area contributed by atoms with Crippen molar-refractivity contribution in [2.75, 3.05) is 24.5 Å². The zero-order valence-corrected chi connectivity index (χ0v) is 17.7. The van der Waals surface area contributed by atoms with Gasteiger partial charge < -0.3 is 15.5 Å². The molecular formula is C24H28N4O3. The molecular weight excluding hydrogens is 392 g/mol. The Hall–Kier alpha value is -3.19. The predicted octanol–water partition coefficient (Wildman–Crippen LogP) is 1.99. The number of benzene rings is 2. The van der Waals surface area contributed by atoms with Crippen LogP contribution in [0.25, 0.3) is 0 Å². The Kier molecular flexibility index (Phi) is 6.32. The van der Waals surface area contributed by atoms with Crippen molar-refractivity contribution in [1.29, 1.82) is 0 Å². The highest BCUT2D eigenvalue weighted by molar-refractivity contribution is 6.35. The molecule has 7 heteroatoms. The molecule has 0 saturated carbocycles. The molecule has 3 amide bonds. The fourth-order valence-corrected chi connectivity index (χ4v) is 4.48. The topological polar surface area (TPSA) is 81.8 Å². The van der Waals surface area contributed by atoms with Crippen LogP contribution in [0.2, 0.25) is 0 Å². The number of fused-ring (bicyclic) bond motifs is 1. The summed E-state index contributed by atoms with van der Waals surface area (Å²) < 4.78 is 0. The molecule has 2 aliphatic heterocycles. The van der Waals surface area contributed by atoms with E-state index in [4.69, 9.17) is 0 Å². The highest BCUT2D eigenvalue weighted by atomic mass is 16.2. The molecule has 0 aliphatic carbocycles. The summed E-state index contributed by atoms with van der Waals surface area (Å²) in [4.78, 5) is 42.1. The normalized spacial score (nSPS) is 20.5. The molecule has 2 aromatic rings. The van der Waals surface area contributed by atoms with Gasteiger partial charge in [-0.05, 0) is 37.6 Å². The number of rotatable bonds is 6. The number of amides is 3. The minimum atomic E-state index is -0.864. The van der Waals surface area contributed by atoms with E-state index < -0.39 is 17.9 Å². The molecule has 1 fully saturated rings. The van der Waals surface area contributed by atoms with E-state index in [0.29, 0.717) is 18.7 Å². The Labute approximate surface area is 182 Å². The monoisotopic (exact) mass is 420 g/mol. The molecule has 1 saturated heterocycles. The second-order valence-electron chi connectivity index (χ2n) is 8.01. The van der Waals surface area contributed by atoms with E-state index in [9.17, 15) is 14.4 Å². The van der Waals surface area contributed by atoms with Gasteiger partial charge in [0, 0.05) is 23.8 Å². The van der Waals surface area contributed by atoms with Crippen molar-refractivity contribution in [3.8, 4) is 0 Å². The van der Waals surface area contributed by atoms with Gasteiger partial charge in [0.2, 0.25) is 0 Å². The van der Waals surface area contributed by atoms with Gasteiger partial charge in [-0.2, -0.15) is 0 Å². The molecule has 7 nitrogen and oxygen atoms in total. The number of nitrogens with zero attached hydrogens (tertiary/aromatic N) is 2. The predicted molar refractivity (Wildman–Crippen MR) is 118 cm³/mol. The zero-order chi connectivity index (χ0) is 21.8. The average molecular weight is 421 g/mol. The summed E-state index contributed by atoms with van der Waals surface area (Å²) in [6.45, 7) is 4.89. The van der Waals surface area contributed by atoms with Gasteiger partial charge in [0.25, 0.3) is 5.91 Å². The number of hydrogen-bond donors (Lipinski definition) is 2. The Morgan fingerprint density at radius 2 is 1.77 bits per heavy atom. The molecule has 162 valence electrons. The first kappa shape index (κ1) is 21.1. The van der Waals surface area contributed by atoms with Gasteiger partial charge in [-0.1, -0.05) is 55.5 Å². The van der Waals surface area contributed by atoms with Crippen molar-refractivity contribution in [3.63, 3.8) is 0 Å². The van der Waals surface area contributed by atoms with Crippen LogP contribution >= 0.6 is 0 Å². The van der Waals surface area contributed by atoms with Crippen LogP contribution in [-0.2, 0) is 20.9 Å². The third kappa shape index (κ3) is 4.46. The van der Waals surface area contributed by atoms with Crippen LogP contribution in [0, 0.1) is 0 Å². The Bertz CT molecular complexity index is 962. The quantitative estimate of drug-likeness (QED) is 0.701. The van der Waals surface area contributed by atoms with Crippen LogP contribution in [0.1, 0.15) is 36.9 Å². The maximum atomic E-state index is 13.1. The number of likely N-dealkylation sites (N-methyl/N-ethyl adjacent to an activating group) is 1. The molecule has 4 rings (SSSR count). The van der Waals surface area contributed by atoms with Crippen LogP contribution in [0.3, 0.4) is 0 Å². The molecule has 2 heterocycles. The standard InChI is InChI=1S/C24H28N4O3/c1-2-27-14-8-11-18(27)15-25-22(29)23(30)26-21-19-12-6-7-13-20(19)28(24(21)31)16-17-9-4-3-5-10-17/h3-7,9-10,12-13,18,21H,2,8,11,14-16H2,1H3,(H,25,29)(H,26,30)/t18-,21+/m1/s1. The number of likely N-dealkylation sites (tertiary alicyclic amines) is 1. The fraction of sp³-hybridized carbons (Fsp3) is 0.375. The van der Waals surface area contributed by atoms with E-state index in [2.05, 4.69) is 22.5 Å². The van der Waals surface area contributed by atoms with Crippen molar-refractivity contribution in [2.24, 2.45) is 0 Å². The Morgan fingerprint density at radius 1 is 1.03 bits per heavy atom. The third-order valence-electron chi connectivity index (χ3n) is 6.12. The third-order valence-corrected chi connectivity index (χ3v) is 6.12. The van der Waals surface area contributed by atoms with Crippen molar-refractivity contribution < 1.29 is 14.4 Å². The summed E-state index contributed by atoms with van der Waals surface area (Å²) >= 11 is 0. The van der Waals surface area contributed by atoms with Crippen LogP contribution in [0.4, 0.5) is 5.69 Å². The number of para-hydroxylation sites is 1. The molecule has 2 N–H and O–H groups in total. The maximum Gasteiger partial charge on any atom is 0.310 e. The summed E-state index contributed by atoms with van der Waals surface area (Å²) in [5.41, 5.74) is 2.46. The molecule has 0 bridgehead atoms. The molecule has 2 aliphatic rings. The first-order chi connectivity index (χ1) is 15.1. The van der Waals surface area contributed by atoms with Crippen LogP contribution in [0.15, 0.2) is 54.6 Å². The maximum absolute atomic E-state index is 13.1.